The first-order valence-corrected chi connectivity index (χ1v) is 4.98. The maximum Gasteiger partial charge on any atom is 0.416 e. The van der Waals surface area contributed by atoms with Crippen LogP contribution >= 0.6 is 0 Å². The lowest BCUT2D eigenvalue weighted by atomic mass is 10.0. The van der Waals surface area contributed by atoms with Crippen molar-refractivity contribution in [3.05, 3.63) is 41.6 Å². The molecule has 2 rings (SSSR count). The van der Waals surface area contributed by atoms with Gasteiger partial charge in [0.05, 0.1) is 23.8 Å². The van der Waals surface area contributed by atoms with Crippen molar-refractivity contribution in [2.45, 2.75) is 6.18 Å². The number of benzene rings is 1. The number of esters is 1. The predicted octanol–water partition coefficient (Wildman–Crippen LogP) is 3.04. The van der Waals surface area contributed by atoms with Crippen molar-refractivity contribution >= 4 is 16.9 Å². The van der Waals surface area contributed by atoms with Gasteiger partial charge in [-0.2, -0.15) is 13.2 Å². The third kappa shape index (κ3) is 2.13. The molecule has 18 heavy (non-hydrogen) atoms. The highest BCUT2D eigenvalue weighted by Gasteiger charge is 2.32. The quantitative estimate of drug-likeness (QED) is 0.735. The molecule has 94 valence electrons. The van der Waals surface area contributed by atoms with E-state index in [-0.39, 0.29) is 16.5 Å². The number of carbonyl (C=O) groups is 1. The summed E-state index contributed by atoms with van der Waals surface area (Å²) in [7, 11) is 1.11. The predicted molar refractivity (Wildman–Crippen MR) is 58.1 cm³/mol. The molecule has 0 fully saturated rings. The number of carbonyl (C=O) groups excluding carboxylic acids is 1. The minimum absolute atomic E-state index is 0.192. The van der Waals surface area contributed by atoms with Crippen molar-refractivity contribution in [2.75, 3.05) is 7.11 Å². The minimum Gasteiger partial charge on any atom is -0.465 e. The van der Waals surface area contributed by atoms with Crippen LogP contribution in [0, 0.1) is 0 Å². The summed E-state index contributed by atoms with van der Waals surface area (Å²) >= 11 is 0. The lowest BCUT2D eigenvalue weighted by molar-refractivity contribution is -0.137. The zero-order valence-corrected chi connectivity index (χ0v) is 9.28. The standard InChI is InChI=1S/C12H8F3NO2/c1-18-11(17)9-6-8(12(13,14)15)5-7-3-2-4-16-10(7)9/h2-6H,1H3. The Morgan fingerprint density at radius 1 is 1.33 bits per heavy atom. The summed E-state index contributed by atoms with van der Waals surface area (Å²) < 4.78 is 42.5. The number of hydrogen-bond acceptors (Lipinski definition) is 3. The molecule has 1 aromatic heterocycles. The van der Waals surface area contributed by atoms with Crippen LogP contribution in [0.4, 0.5) is 13.2 Å². The van der Waals surface area contributed by atoms with E-state index in [4.69, 9.17) is 0 Å². The number of aromatic nitrogens is 1. The lowest BCUT2D eigenvalue weighted by Crippen LogP contribution is -2.09. The third-order valence-electron chi connectivity index (χ3n) is 2.44. The number of rotatable bonds is 1. The SMILES string of the molecule is COC(=O)c1cc(C(F)(F)F)cc2cccnc12. The first-order chi connectivity index (χ1) is 8.43. The molecule has 0 amide bonds. The van der Waals surface area contributed by atoms with Crippen LogP contribution in [0.2, 0.25) is 0 Å². The maximum atomic E-state index is 12.7. The highest BCUT2D eigenvalue weighted by Crippen LogP contribution is 2.32. The van der Waals surface area contributed by atoms with Crippen LogP contribution in [0.1, 0.15) is 15.9 Å². The number of pyridine rings is 1. The highest BCUT2D eigenvalue weighted by molar-refractivity contribution is 6.03. The van der Waals surface area contributed by atoms with Gasteiger partial charge in [0.2, 0.25) is 0 Å². The average Bonchev–Trinajstić information content (AvgIpc) is 2.35. The monoisotopic (exact) mass is 255 g/mol. The third-order valence-corrected chi connectivity index (χ3v) is 2.44. The minimum atomic E-state index is -4.52. The Hall–Kier alpha value is -2.11. The molecule has 0 spiro atoms. The summed E-state index contributed by atoms with van der Waals surface area (Å²) in [6.45, 7) is 0. The van der Waals surface area contributed by atoms with Crippen LogP contribution < -0.4 is 0 Å². The zero-order chi connectivity index (χ0) is 13.3. The van der Waals surface area contributed by atoms with Crippen LogP contribution in [0.15, 0.2) is 30.5 Å². The second kappa shape index (κ2) is 4.29. The molecule has 3 nitrogen and oxygen atoms in total. The first kappa shape index (κ1) is 12.3. The van der Waals surface area contributed by atoms with E-state index in [1.807, 2.05) is 0 Å². The van der Waals surface area contributed by atoms with Gasteiger partial charge in [0.15, 0.2) is 0 Å². The summed E-state index contributed by atoms with van der Waals surface area (Å²) in [6, 6.07) is 4.67. The van der Waals surface area contributed by atoms with Gasteiger partial charge >= 0.3 is 12.1 Å². The van der Waals surface area contributed by atoms with Crippen molar-refractivity contribution in [1.82, 2.24) is 4.98 Å². The van der Waals surface area contributed by atoms with E-state index in [0.717, 1.165) is 19.2 Å². The normalized spacial score (nSPS) is 11.6. The summed E-state index contributed by atoms with van der Waals surface area (Å²) in [5.41, 5.74) is -0.899. The maximum absolute atomic E-state index is 12.7. The van der Waals surface area contributed by atoms with Gasteiger partial charge in [-0.1, -0.05) is 6.07 Å². The van der Waals surface area contributed by atoms with Crippen LogP contribution in [-0.2, 0) is 10.9 Å². The van der Waals surface area contributed by atoms with E-state index in [1.165, 1.54) is 18.3 Å². The molecule has 2 aromatic rings. The number of nitrogens with zero attached hydrogens (tertiary/aromatic N) is 1. The molecule has 0 radical (unpaired) electrons. The van der Waals surface area contributed by atoms with Crippen molar-refractivity contribution in [1.29, 1.82) is 0 Å². The van der Waals surface area contributed by atoms with Gasteiger partial charge in [0, 0.05) is 11.6 Å². The second-order valence-corrected chi connectivity index (χ2v) is 3.59. The molecule has 0 aliphatic rings. The van der Waals surface area contributed by atoms with Crippen molar-refractivity contribution < 1.29 is 22.7 Å². The van der Waals surface area contributed by atoms with E-state index in [1.54, 1.807) is 0 Å². The number of alkyl halides is 3. The Bertz CT molecular complexity index is 608. The summed E-state index contributed by atoms with van der Waals surface area (Å²) in [5, 5.41) is 0.243. The molecule has 1 aromatic carbocycles. The molecule has 0 unspecified atom stereocenters. The summed E-state index contributed by atoms with van der Waals surface area (Å²) in [4.78, 5) is 15.4. The van der Waals surface area contributed by atoms with Crippen molar-refractivity contribution in [3.63, 3.8) is 0 Å². The van der Waals surface area contributed by atoms with Crippen LogP contribution in [0.25, 0.3) is 10.9 Å². The number of fused-ring (bicyclic) bond motifs is 1. The van der Waals surface area contributed by atoms with Crippen molar-refractivity contribution in [2.24, 2.45) is 0 Å². The number of halogens is 3. The first-order valence-electron chi connectivity index (χ1n) is 4.98. The molecule has 0 bridgehead atoms. The molecule has 0 saturated heterocycles. The average molecular weight is 255 g/mol. The summed E-state index contributed by atoms with van der Waals surface area (Å²) in [6.07, 6.45) is -3.12. The van der Waals surface area contributed by atoms with Gasteiger partial charge < -0.3 is 4.74 Å². The topological polar surface area (TPSA) is 39.2 Å². The Morgan fingerprint density at radius 3 is 2.67 bits per heavy atom. The Morgan fingerprint density at radius 2 is 2.06 bits per heavy atom. The van der Waals surface area contributed by atoms with E-state index in [2.05, 4.69) is 9.72 Å². The summed E-state index contributed by atoms with van der Waals surface area (Å²) in [5.74, 6) is -0.843. The fourth-order valence-electron chi connectivity index (χ4n) is 1.62. The van der Waals surface area contributed by atoms with Crippen molar-refractivity contribution in [3.8, 4) is 0 Å². The number of hydrogen-bond donors (Lipinski definition) is 0. The molecular formula is C12H8F3NO2. The Balaban J connectivity index is 2.77. The van der Waals surface area contributed by atoms with Crippen LogP contribution in [0.3, 0.4) is 0 Å². The van der Waals surface area contributed by atoms with Gasteiger partial charge in [-0.3, -0.25) is 4.98 Å². The van der Waals surface area contributed by atoms with E-state index < -0.39 is 17.7 Å². The molecular weight excluding hydrogens is 247 g/mol. The largest absolute Gasteiger partial charge is 0.465 e. The molecule has 0 aliphatic heterocycles. The molecule has 0 aliphatic carbocycles. The zero-order valence-electron chi connectivity index (χ0n) is 9.28. The molecule has 6 heteroatoms. The van der Waals surface area contributed by atoms with E-state index in [0.29, 0.717) is 0 Å². The van der Waals surface area contributed by atoms with Gasteiger partial charge in [0.25, 0.3) is 0 Å². The number of methoxy groups -OCH3 is 1. The fraction of sp³-hybridized carbons (Fsp3) is 0.167. The molecule has 0 N–H and O–H groups in total. The van der Waals surface area contributed by atoms with Crippen LogP contribution in [-0.4, -0.2) is 18.1 Å². The number of ether oxygens (including phenoxy) is 1. The Labute approximate surface area is 100 Å². The smallest absolute Gasteiger partial charge is 0.416 e. The molecule has 0 saturated carbocycles. The molecule has 0 atom stereocenters. The Kier molecular flexibility index (Phi) is 2.94. The highest BCUT2D eigenvalue weighted by atomic mass is 19.4. The van der Waals surface area contributed by atoms with Crippen LogP contribution in [0.5, 0.6) is 0 Å². The van der Waals surface area contributed by atoms with Gasteiger partial charge in [-0.15, -0.1) is 0 Å². The van der Waals surface area contributed by atoms with E-state index in [9.17, 15) is 18.0 Å². The lowest BCUT2D eigenvalue weighted by Gasteiger charge is -2.10. The van der Waals surface area contributed by atoms with Gasteiger partial charge in [-0.25, -0.2) is 4.79 Å². The van der Waals surface area contributed by atoms with Gasteiger partial charge in [-0.05, 0) is 18.2 Å². The van der Waals surface area contributed by atoms with E-state index >= 15 is 0 Å². The van der Waals surface area contributed by atoms with Gasteiger partial charge in [0.1, 0.15) is 0 Å². The second-order valence-electron chi connectivity index (χ2n) is 3.59. The molecule has 1 heterocycles. The fourth-order valence-corrected chi connectivity index (χ4v) is 1.62.